The first-order valence-corrected chi connectivity index (χ1v) is 11.3. The molecule has 0 aromatic carbocycles. The first-order valence-electron chi connectivity index (χ1n) is 9.28. The van der Waals surface area contributed by atoms with Gasteiger partial charge < -0.3 is 10.2 Å². The summed E-state index contributed by atoms with van der Waals surface area (Å²) in [6.07, 6.45) is 0.976. The van der Waals surface area contributed by atoms with Crippen molar-refractivity contribution in [2.24, 2.45) is 0 Å². The van der Waals surface area contributed by atoms with Gasteiger partial charge in [-0.15, -0.1) is 11.3 Å². The molecular weight excluding hydrogens is 421 g/mol. The molecule has 0 atom stereocenters. The van der Waals surface area contributed by atoms with Gasteiger partial charge in [0.25, 0.3) is 0 Å². The molecule has 2 aromatic heterocycles. The Morgan fingerprint density at radius 2 is 1.97 bits per heavy atom. The zero-order valence-electron chi connectivity index (χ0n) is 16.9. The fraction of sp³-hybridized carbons (Fsp3) is 0.611. The van der Waals surface area contributed by atoms with Gasteiger partial charge in [0, 0.05) is 31.9 Å². The number of piperidine rings is 1. The van der Waals surface area contributed by atoms with Crippen molar-refractivity contribution < 1.29 is 13.2 Å². The SMILES string of the molecule is CSN1CCC(Nc2ncc(C)c(-c3sc(CN(C)C)nc3C(F)(F)F)n2)CC1. The molecule has 0 unspecified atom stereocenters. The molecule has 1 fully saturated rings. The molecule has 0 amide bonds. The quantitative estimate of drug-likeness (QED) is 0.669. The number of hydrogen-bond acceptors (Lipinski definition) is 8. The second kappa shape index (κ2) is 9.15. The van der Waals surface area contributed by atoms with E-state index < -0.39 is 11.9 Å². The van der Waals surface area contributed by atoms with Crippen LogP contribution in [0.1, 0.15) is 29.1 Å². The topological polar surface area (TPSA) is 57.2 Å². The third kappa shape index (κ3) is 5.59. The van der Waals surface area contributed by atoms with E-state index in [1.54, 1.807) is 44.1 Å². The normalized spacial score (nSPS) is 16.6. The van der Waals surface area contributed by atoms with Crippen molar-refractivity contribution in [2.45, 2.75) is 38.5 Å². The average Bonchev–Trinajstić information content (AvgIpc) is 3.07. The smallest absolute Gasteiger partial charge is 0.351 e. The van der Waals surface area contributed by atoms with Crippen LogP contribution >= 0.6 is 23.3 Å². The summed E-state index contributed by atoms with van der Waals surface area (Å²) in [6, 6.07) is 0.210. The van der Waals surface area contributed by atoms with Crippen molar-refractivity contribution in [2.75, 3.05) is 38.8 Å². The summed E-state index contributed by atoms with van der Waals surface area (Å²) in [5.74, 6) is 0.365. The summed E-state index contributed by atoms with van der Waals surface area (Å²) in [7, 11) is 3.60. The van der Waals surface area contributed by atoms with E-state index in [2.05, 4.69) is 30.8 Å². The number of thiazole rings is 1. The van der Waals surface area contributed by atoms with Gasteiger partial charge in [-0.2, -0.15) is 13.2 Å². The molecule has 1 aliphatic heterocycles. The van der Waals surface area contributed by atoms with Crippen LogP contribution in [0.4, 0.5) is 19.1 Å². The number of aromatic nitrogens is 3. The maximum absolute atomic E-state index is 13.6. The molecule has 6 nitrogen and oxygen atoms in total. The Morgan fingerprint density at radius 3 is 2.55 bits per heavy atom. The Labute approximate surface area is 177 Å². The van der Waals surface area contributed by atoms with E-state index >= 15 is 0 Å². The monoisotopic (exact) mass is 446 g/mol. The largest absolute Gasteiger partial charge is 0.434 e. The van der Waals surface area contributed by atoms with E-state index in [0.717, 1.165) is 37.3 Å². The lowest BCUT2D eigenvalue weighted by atomic mass is 10.1. The van der Waals surface area contributed by atoms with E-state index in [-0.39, 0.29) is 10.9 Å². The highest BCUT2D eigenvalue weighted by Gasteiger charge is 2.38. The van der Waals surface area contributed by atoms with Gasteiger partial charge in [-0.25, -0.2) is 15.0 Å². The molecule has 0 aliphatic carbocycles. The van der Waals surface area contributed by atoms with Crippen molar-refractivity contribution >= 4 is 29.2 Å². The van der Waals surface area contributed by atoms with Gasteiger partial charge in [0.15, 0.2) is 5.69 Å². The molecule has 3 rings (SSSR count). The Bertz CT molecular complexity index is 831. The minimum absolute atomic E-state index is 0.0505. The molecule has 2 aromatic rings. The summed E-state index contributed by atoms with van der Waals surface area (Å²) >= 11 is 2.76. The van der Waals surface area contributed by atoms with Crippen LogP contribution in [0.25, 0.3) is 10.6 Å². The fourth-order valence-corrected chi connectivity index (χ4v) is 4.99. The molecule has 1 aliphatic rings. The molecule has 160 valence electrons. The van der Waals surface area contributed by atoms with Crippen molar-refractivity contribution in [3.8, 4) is 10.6 Å². The predicted octanol–water partition coefficient (Wildman–Crippen LogP) is 4.14. The lowest BCUT2D eigenvalue weighted by Crippen LogP contribution is -2.35. The standard InChI is InChI=1S/C18H25F3N6S2/c1-11-9-22-17(23-12-5-7-27(28-4)8-6-12)25-14(11)15-16(18(19,20)21)24-13(29-15)10-26(2)3/h9,12H,5-8,10H2,1-4H3,(H,22,23,25). The van der Waals surface area contributed by atoms with E-state index in [1.165, 1.54) is 0 Å². The average molecular weight is 447 g/mol. The molecule has 0 bridgehead atoms. The van der Waals surface area contributed by atoms with Gasteiger partial charge in [0.1, 0.15) is 5.01 Å². The number of aryl methyl sites for hydroxylation is 1. The van der Waals surface area contributed by atoms with Gasteiger partial charge in [0.2, 0.25) is 5.95 Å². The number of hydrogen-bond donors (Lipinski definition) is 1. The van der Waals surface area contributed by atoms with Gasteiger partial charge in [-0.1, -0.05) is 11.9 Å². The number of alkyl halides is 3. The second-order valence-electron chi connectivity index (χ2n) is 7.28. The van der Waals surface area contributed by atoms with E-state index in [9.17, 15) is 13.2 Å². The van der Waals surface area contributed by atoms with Gasteiger partial charge in [0.05, 0.1) is 10.6 Å². The van der Waals surface area contributed by atoms with Crippen LogP contribution in [-0.4, -0.2) is 63.6 Å². The van der Waals surface area contributed by atoms with Crippen molar-refractivity contribution in [3.63, 3.8) is 0 Å². The Balaban J connectivity index is 1.89. The molecule has 11 heteroatoms. The zero-order valence-corrected chi connectivity index (χ0v) is 18.5. The zero-order chi connectivity index (χ0) is 21.2. The van der Waals surface area contributed by atoms with E-state index in [4.69, 9.17) is 0 Å². The van der Waals surface area contributed by atoms with E-state index in [1.807, 2.05) is 0 Å². The highest BCUT2D eigenvalue weighted by molar-refractivity contribution is 7.96. The van der Waals surface area contributed by atoms with Crippen LogP contribution in [0.2, 0.25) is 0 Å². The number of anilines is 1. The molecule has 1 saturated heterocycles. The first-order chi connectivity index (χ1) is 13.7. The summed E-state index contributed by atoms with van der Waals surface area (Å²) in [4.78, 5) is 14.5. The van der Waals surface area contributed by atoms with Crippen molar-refractivity contribution in [1.82, 2.24) is 24.2 Å². The maximum atomic E-state index is 13.6. The van der Waals surface area contributed by atoms with Gasteiger partial charge >= 0.3 is 6.18 Å². The van der Waals surface area contributed by atoms with Crippen molar-refractivity contribution in [1.29, 1.82) is 0 Å². The van der Waals surface area contributed by atoms with Gasteiger partial charge in [-0.05, 0) is 45.7 Å². The maximum Gasteiger partial charge on any atom is 0.434 e. The van der Waals surface area contributed by atoms with Crippen LogP contribution in [0, 0.1) is 6.92 Å². The summed E-state index contributed by atoms with van der Waals surface area (Å²) in [5, 5.41) is 3.71. The Hall–Kier alpha value is -1.43. The molecule has 29 heavy (non-hydrogen) atoms. The molecule has 1 N–H and O–H groups in total. The highest BCUT2D eigenvalue weighted by Crippen LogP contribution is 2.41. The van der Waals surface area contributed by atoms with Crippen LogP contribution in [0.15, 0.2) is 6.20 Å². The molecule has 0 radical (unpaired) electrons. The predicted molar refractivity (Wildman–Crippen MR) is 112 cm³/mol. The number of rotatable bonds is 6. The number of nitrogens with zero attached hydrogens (tertiary/aromatic N) is 5. The number of nitrogens with one attached hydrogen (secondary N) is 1. The lowest BCUT2D eigenvalue weighted by molar-refractivity contribution is -0.140. The van der Waals surface area contributed by atoms with Crippen molar-refractivity contribution in [3.05, 3.63) is 22.5 Å². The highest BCUT2D eigenvalue weighted by atomic mass is 32.2. The molecule has 0 saturated carbocycles. The first kappa shape index (κ1) is 22.3. The van der Waals surface area contributed by atoms with Crippen LogP contribution in [0.5, 0.6) is 0 Å². The van der Waals surface area contributed by atoms with E-state index in [0.29, 0.717) is 28.8 Å². The third-order valence-corrected chi connectivity index (χ3v) is 6.55. The van der Waals surface area contributed by atoms with Crippen LogP contribution in [-0.2, 0) is 12.7 Å². The van der Waals surface area contributed by atoms with Crippen LogP contribution < -0.4 is 5.32 Å². The summed E-state index contributed by atoms with van der Waals surface area (Å²) in [6.45, 7) is 3.98. The Kier molecular flexibility index (Phi) is 7.02. The Morgan fingerprint density at radius 1 is 1.28 bits per heavy atom. The summed E-state index contributed by atoms with van der Waals surface area (Å²) < 4.78 is 43.2. The second-order valence-corrected chi connectivity index (χ2v) is 9.24. The lowest BCUT2D eigenvalue weighted by Gasteiger charge is -2.30. The number of halogens is 3. The molecular formula is C18H25F3N6S2. The minimum Gasteiger partial charge on any atom is -0.351 e. The minimum atomic E-state index is -4.54. The third-order valence-electron chi connectivity index (χ3n) is 4.62. The molecule has 3 heterocycles. The van der Waals surface area contributed by atoms with Crippen LogP contribution in [0.3, 0.4) is 0 Å². The van der Waals surface area contributed by atoms with Gasteiger partial charge in [-0.3, -0.25) is 4.31 Å². The fourth-order valence-electron chi connectivity index (χ4n) is 3.16. The molecule has 0 spiro atoms. The summed E-state index contributed by atoms with van der Waals surface area (Å²) in [5.41, 5.74) is 0.0116.